The molecule has 2 amide bonds. The molecule has 0 aromatic carbocycles. The summed E-state index contributed by atoms with van der Waals surface area (Å²) in [6, 6.07) is 6.89. The van der Waals surface area contributed by atoms with Crippen LogP contribution < -0.4 is 10.9 Å². The maximum atomic E-state index is 12.9. The molecule has 1 saturated heterocycles. The number of fused-ring (bicyclic) bond motifs is 4. The van der Waals surface area contributed by atoms with Crippen LogP contribution in [0.25, 0.3) is 0 Å². The van der Waals surface area contributed by atoms with E-state index >= 15 is 0 Å². The van der Waals surface area contributed by atoms with Gasteiger partial charge in [-0.05, 0) is 25.3 Å². The Morgan fingerprint density at radius 1 is 1.32 bits per heavy atom. The van der Waals surface area contributed by atoms with Crippen LogP contribution >= 0.6 is 0 Å². The van der Waals surface area contributed by atoms with Crippen molar-refractivity contribution in [1.82, 2.24) is 19.9 Å². The van der Waals surface area contributed by atoms with Crippen molar-refractivity contribution >= 4 is 11.8 Å². The summed E-state index contributed by atoms with van der Waals surface area (Å²) in [5.74, 6) is 0.651. The summed E-state index contributed by atoms with van der Waals surface area (Å²) in [7, 11) is 0. The summed E-state index contributed by atoms with van der Waals surface area (Å²) < 4.78 is 7.00. The first-order valence-corrected chi connectivity index (χ1v) is 9.58. The highest BCUT2D eigenvalue weighted by molar-refractivity contribution is 5.78. The average molecular weight is 384 g/mol. The molecule has 2 aliphatic heterocycles. The lowest BCUT2D eigenvalue weighted by Gasteiger charge is -2.47. The molecule has 3 atom stereocenters. The van der Waals surface area contributed by atoms with Gasteiger partial charge in [-0.3, -0.25) is 14.4 Å². The third-order valence-corrected chi connectivity index (χ3v) is 5.71. The number of rotatable bonds is 4. The molecule has 0 unspecified atom stereocenters. The molecule has 2 aromatic heterocycles. The maximum Gasteiger partial charge on any atom is 0.251 e. The van der Waals surface area contributed by atoms with E-state index in [-0.39, 0.29) is 41.7 Å². The first kappa shape index (κ1) is 18.5. The van der Waals surface area contributed by atoms with Gasteiger partial charge in [0.2, 0.25) is 11.8 Å². The van der Waals surface area contributed by atoms with Crippen LogP contribution in [-0.4, -0.2) is 46.1 Å². The molecule has 0 saturated carbocycles. The molecule has 1 fully saturated rings. The molecular formula is C20H24N4O4. The Morgan fingerprint density at radius 2 is 2.14 bits per heavy atom. The monoisotopic (exact) mass is 384 g/mol. The van der Waals surface area contributed by atoms with E-state index in [1.165, 1.54) is 6.92 Å². The first-order valence-electron chi connectivity index (χ1n) is 9.58. The Bertz CT molecular complexity index is 963. The molecular weight excluding hydrogens is 360 g/mol. The van der Waals surface area contributed by atoms with Gasteiger partial charge in [0.25, 0.3) is 5.56 Å². The number of pyridine rings is 1. The highest BCUT2D eigenvalue weighted by Crippen LogP contribution is 2.40. The molecule has 4 heterocycles. The summed E-state index contributed by atoms with van der Waals surface area (Å²) in [5.41, 5.74) is 1.63. The molecule has 2 aliphatic rings. The molecule has 148 valence electrons. The van der Waals surface area contributed by atoms with Crippen LogP contribution in [0.5, 0.6) is 0 Å². The zero-order chi connectivity index (χ0) is 19.8. The van der Waals surface area contributed by atoms with Crippen LogP contribution in [0.1, 0.15) is 42.5 Å². The van der Waals surface area contributed by atoms with Crippen LogP contribution in [0.4, 0.5) is 0 Å². The van der Waals surface area contributed by atoms with E-state index in [4.69, 9.17) is 4.52 Å². The molecule has 0 spiro atoms. The normalized spacial score (nSPS) is 23.2. The van der Waals surface area contributed by atoms with Gasteiger partial charge in [0, 0.05) is 50.3 Å². The Kier molecular flexibility index (Phi) is 4.78. The SMILES string of the molecule is CC(=O)NC[C@H]1[C@H]2C[C@H](CN(C(=O)Cc3cc(C)no3)C2)c2cccc(=O)n21. The number of nitrogens with one attached hydrogen (secondary N) is 1. The highest BCUT2D eigenvalue weighted by Gasteiger charge is 2.41. The number of hydrogen-bond acceptors (Lipinski definition) is 5. The van der Waals surface area contributed by atoms with E-state index in [2.05, 4.69) is 10.5 Å². The van der Waals surface area contributed by atoms with Crippen molar-refractivity contribution in [3.63, 3.8) is 0 Å². The molecule has 0 aliphatic carbocycles. The number of aromatic nitrogens is 2. The third-order valence-electron chi connectivity index (χ3n) is 5.71. The number of likely N-dealkylation sites (tertiary alicyclic amines) is 1. The zero-order valence-electron chi connectivity index (χ0n) is 16.1. The summed E-state index contributed by atoms with van der Waals surface area (Å²) in [4.78, 5) is 38.7. The predicted octanol–water partition coefficient (Wildman–Crippen LogP) is 1.01. The van der Waals surface area contributed by atoms with Gasteiger partial charge in [0.15, 0.2) is 0 Å². The second-order valence-corrected chi connectivity index (χ2v) is 7.77. The van der Waals surface area contributed by atoms with Crippen LogP contribution in [-0.2, 0) is 16.0 Å². The lowest BCUT2D eigenvalue weighted by Crippen LogP contribution is -2.53. The summed E-state index contributed by atoms with van der Waals surface area (Å²) in [6.45, 7) is 4.82. The van der Waals surface area contributed by atoms with E-state index in [0.29, 0.717) is 25.4 Å². The minimum atomic E-state index is -0.160. The van der Waals surface area contributed by atoms with Crippen LogP contribution in [0.2, 0.25) is 0 Å². The van der Waals surface area contributed by atoms with Gasteiger partial charge in [-0.25, -0.2) is 0 Å². The number of aryl methyl sites for hydroxylation is 1. The summed E-state index contributed by atoms with van der Waals surface area (Å²) in [6.07, 6.45) is 1.08. The van der Waals surface area contributed by atoms with Gasteiger partial charge in [-0.1, -0.05) is 11.2 Å². The highest BCUT2D eigenvalue weighted by atomic mass is 16.5. The fourth-order valence-electron chi connectivity index (χ4n) is 4.52. The molecule has 8 heteroatoms. The average Bonchev–Trinajstić information content (AvgIpc) is 3.06. The maximum absolute atomic E-state index is 12.9. The number of carbonyl (C=O) groups excluding carboxylic acids is 2. The Hall–Kier alpha value is -2.90. The van der Waals surface area contributed by atoms with Gasteiger partial charge < -0.3 is 19.3 Å². The van der Waals surface area contributed by atoms with E-state index in [0.717, 1.165) is 17.8 Å². The van der Waals surface area contributed by atoms with Crippen molar-refractivity contribution in [3.8, 4) is 0 Å². The Balaban J connectivity index is 1.60. The van der Waals surface area contributed by atoms with Crippen molar-refractivity contribution in [3.05, 3.63) is 51.8 Å². The van der Waals surface area contributed by atoms with Crippen LogP contribution in [0.3, 0.4) is 0 Å². The number of nitrogens with zero attached hydrogens (tertiary/aromatic N) is 3. The van der Waals surface area contributed by atoms with E-state index in [1.807, 2.05) is 22.5 Å². The first-order chi connectivity index (χ1) is 13.4. The van der Waals surface area contributed by atoms with E-state index < -0.39 is 0 Å². The van der Waals surface area contributed by atoms with Crippen molar-refractivity contribution < 1.29 is 14.1 Å². The Morgan fingerprint density at radius 3 is 2.86 bits per heavy atom. The van der Waals surface area contributed by atoms with Crippen molar-refractivity contribution in [2.75, 3.05) is 19.6 Å². The summed E-state index contributed by atoms with van der Waals surface area (Å²) >= 11 is 0. The number of amides is 2. The molecule has 8 nitrogen and oxygen atoms in total. The van der Waals surface area contributed by atoms with Gasteiger partial charge in [0.05, 0.1) is 18.2 Å². The van der Waals surface area contributed by atoms with E-state index in [9.17, 15) is 14.4 Å². The quantitative estimate of drug-likeness (QED) is 0.849. The van der Waals surface area contributed by atoms with Gasteiger partial charge in [-0.15, -0.1) is 0 Å². The molecule has 0 radical (unpaired) electrons. The minimum Gasteiger partial charge on any atom is -0.361 e. The molecule has 28 heavy (non-hydrogen) atoms. The number of piperidine rings is 1. The van der Waals surface area contributed by atoms with Crippen LogP contribution in [0, 0.1) is 12.8 Å². The number of hydrogen-bond donors (Lipinski definition) is 1. The minimum absolute atomic E-state index is 0.00384. The largest absolute Gasteiger partial charge is 0.361 e. The smallest absolute Gasteiger partial charge is 0.251 e. The standard InChI is InChI=1S/C20H24N4O4/c1-12-6-16(28-22-12)8-20(27)23-10-14-7-15(11-23)18(9-21-13(2)25)24-17(14)4-3-5-19(24)26/h3-6,14-15,18H,7-11H2,1-2H3,(H,21,25)/t14-,15+,18+/m1/s1. The van der Waals surface area contributed by atoms with Gasteiger partial charge in [0.1, 0.15) is 5.76 Å². The third kappa shape index (κ3) is 3.46. The molecule has 4 rings (SSSR count). The lowest BCUT2D eigenvalue weighted by molar-refractivity contribution is -0.134. The fourth-order valence-corrected chi connectivity index (χ4v) is 4.52. The van der Waals surface area contributed by atoms with E-state index in [1.54, 1.807) is 18.2 Å². The van der Waals surface area contributed by atoms with Gasteiger partial charge >= 0.3 is 0 Å². The van der Waals surface area contributed by atoms with Crippen molar-refractivity contribution in [2.24, 2.45) is 5.92 Å². The van der Waals surface area contributed by atoms with Crippen LogP contribution in [0.15, 0.2) is 33.6 Å². The number of carbonyl (C=O) groups is 2. The second-order valence-electron chi connectivity index (χ2n) is 7.77. The Labute approximate surface area is 162 Å². The topological polar surface area (TPSA) is 97.4 Å². The van der Waals surface area contributed by atoms with Crippen molar-refractivity contribution in [2.45, 2.75) is 38.6 Å². The fraction of sp³-hybridized carbons (Fsp3) is 0.500. The molecule has 1 N–H and O–H groups in total. The molecule has 2 bridgehead atoms. The van der Waals surface area contributed by atoms with Crippen molar-refractivity contribution in [1.29, 1.82) is 0 Å². The lowest BCUT2D eigenvalue weighted by atomic mass is 9.78. The predicted molar refractivity (Wildman–Crippen MR) is 101 cm³/mol. The van der Waals surface area contributed by atoms with Gasteiger partial charge in [-0.2, -0.15) is 0 Å². The molecule has 2 aromatic rings. The summed E-state index contributed by atoms with van der Waals surface area (Å²) in [5, 5.41) is 6.69. The second kappa shape index (κ2) is 7.26. The zero-order valence-corrected chi connectivity index (χ0v) is 16.1.